The molecular weight excluding hydrogens is 380 g/mol. The van der Waals surface area contributed by atoms with Crippen LogP contribution in [0.1, 0.15) is 64.2 Å². The zero-order valence-corrected chi connectivity index (χ0v) is 18.3. The maximum atomic E-state index is 13.0. The van der Waals surface area contributed by atoms with E-state index in [1.54, 1.807) is 12.1 Å². The van der Waals surface area contributed by atoms with Crippen LogP contribution >= 0.6 is 0 Å². The molecule has 0 bridgehead atoms. The van der Waals surface area contributed by atoms with Gasteiger partial charge in [0.15, 0.2) is 11.5 Å². The molecule has 4 rings (SSSR count). The topological polar surface area (TPSA) is 76.7 Å². The predicted octanol–water partition coefficient (Wildman–Crippen LogP) is 5.43. The van der Waals surface area contributed by atoms with Crippen molar-refractivity contribution in [3.63, 3.8) is 0 Å². The highest BCUT2D eigenvalue weighted by Gasteiger charge is 2.48. The van der Waals surface area contributed by atoms with Crippen LogP contribution in [0.4, 0.5) is 0 Å². The Morgan fingerprint density at radius 3 is 2.67 bits per heavy atom. The highest BCUT2D eigenvalue weighted by molar-refractivity contribution is 5.94. The lowest BCUT2D eigenvalue weighted by Gasteiger charge is -2.38. The van der Waals surface area contributed by atoms with Crippen molar-refractivity contribution >= 4 is 16.8 Å². The van der Waals surface area contributed by atoms with Crippen LogP contribution in [0.15, 0.2) is 38.7 Å². The molecule has 2 aliphatic rings. The number of allylic oxidation sites excluding steroid dienone is 2. The number of hydrogen-bond acceptors (Lipinski definition) is 5. The summed E-state index contributed by atoms with van der Waals surface area (Å²) in [6.07, 6.45) is 1.65. The minimum absolute atomic E-state index is 0.0240. The fourth-order valence-electron chi connectivity index (χ4n) is 5.37. The van der Waals surface area contributed by atoms with Crippen molar-refractivity contribution in [1.82, 2.24) is 0 Å². The fraction of sp³-hybridized carbons (Fsp3) is 0.520. The van der Waals surface area contributed by atoms with Crippen molar-refractivity contribution in [2.24, 2.45) is 23.7 Å². The first kappa shape index (κ1) is 20.7. The number of hydrogen-bond donors (Lipinski definition) is 1. The Morgan fingerprint density at radius 2 is 1.97 bits per heavy atom. The summed E-state index contributed by atoms with van der Waals surface area (Å²) < 4.78 is 11.9. The Labute approximate surface area is 176 Å². The molecule has 1 N–H and O–H groups in total. The van der Waals surface area contributed by atoms with E-state index >= 15 is 0 Å². The molecule has 1 aliphatic carbocycles. The quantitative estimate of drug-likeness (QED) is 0.680. The van der Waals surface area contributed by atoms with E-state index in [9.17, 15) is 14.7 Å². The fourth-order valence-corrected chi connectivity index (χ4v) is 5.37. The number of ether oxygens (including phenoxy) is 1. The molecule has 2 aromatic rings. The number of carbonyl (C=O) groups is 1. The molecule has 1 aliphatic heterocycles. The van der Waals surface area contributed by atoms with E-state index in [2.05, 4.69) is 6.92 Å². The third-order valence-electron chi connectivity index (χ3n) is 6.84. The number of benzene rings is 1. The molecule has 1 aromatic heterocycles. The zero-order chi connectivity index (χ0) is 21.7. The number of Topliss-reactive ketones (excluding diaryl/α,β-unsaturated/α-hetero) is 1. The maximum Gasteiger partial charge on any atom is 0.347 e. The van der Waals surface area contributed by atoms with Gasteiger partial charge in [0.1, 0.15) is 23.0 Å². The number of carbonyl (C=O) groups excluding carboxylic acids is 1. The van der Waals surface area contributed by atoms with E-state index in [0.29, 0.717) is 29.1 Å². The molecule has 1 saturated carbocycles. The number of ketones is 1. The number of fused-ring (bicyclic) bond motifs is 2. The van der Waals surface area contributed by atoms with Crippen LogP contribution in [0.5, 0.6) is 5.75 Å². The van der Waals surface area contributed by atoms with Gasteiger partial charge in [0.25, 0.3) is 0 Å². The van der Waals surface area contributed by atoms with Gasteiger partial charge in [-0.25, -0.2) is 4.79 Å². The molecule has 0 amide bonds. The van der Waals surface area contributed by atoms with Crippen molar-refractivity contribution in [2.45, 2.75) is 60.0 Å². The largest absolute Gasteiger partial charge is 0.506 e. The average Bonchev–Trinajstić information content (AvgIpc) is 3.05. The molecule has 1 aromatic carbocycles. The second-order valence-corrected chi connectivity index (χ2v) is 9.41. The van der Waals surface area contributed by atoms with Gasteiger partial charge in [0.2, 0.25) is 0 Å². The lowest BCUT2D eigenvalue weighted by Crippen LogP contribution is -2.34. The van der Waals surface area contributed by atoms with Crippen LogP contribution in [0.25, 0.3) is 11.0 Å². The second-order valence-electron chi connectivity index (χ2n) is 9.41. The Bertz CT molecular complexity index is 1090. The lowest BCUT2D eigenvalue weighted by atomic mass is 9.76. The number of aromatic hydroxyl groups is 1. The van der Waals surface area contributed by atoms with E-state index in [4.69, 9.17) is 9.15 Å². The van der Waals surface area contributed by atoms with Gasteiger partial charge in [0, 0.05) is 12.3 Å². The summed E-state index contributed by atoms with van der Waals surface area (Å²) in [6.45, 7) is 10.0. The molecule has 2 heterocycles. The van der Waals surface area contributed by atoms with E-state index in [-0.39, 0.29) is 34.8 Å². The predicted molar refractivity (Wildman–Crippen MR) is 115 cm³/mol. The van der Waals surface area contributed by atoms with E-state index in [1.807, 2.05) is 33.8 Å². The third-order valence-corrected chi connectivity index (χ3v) is 6.84. The van der Waals surface area contributed by atoms with Gasteiger partial charge in [-0.15, -0.1) is 0 Å². The monoisotopic (exact) mass is 410 g/mol. The van der Waals surface area contributed by atoms with Crippen LogP contribution in [0, 0.1) is 30.6 Å². The summed E-state index contributed by atoms with van der Waals surface area (Å²) in [6, 6.07) is 5.34. The van der Waals surface area contributed by atoms with Crippen molar-refractivity contribution in [1.29, 1.82) is 0 Å². The molecule has 0 radical (unpaired) electrons. The van der Waals surface area contributed by atoms with Crippen LogP contribution in [0.2, 0.25) is 0 Å². The second kappa shape index (κ2) is 7.60. The molecule has 0 spiro atoms. The van der Waals surface area contributed by atoms with Crippen LogP contribution in [-0.2, 0) is 9.53 Å². The van der Waals surface area contributed by atoms with Gasteiger partial charge in [0.05, 0.1) is 5.39 Å². The maximum absolute atomic E-state index is 13.0. The lowest BCUT2D eigenvalue weighted by molar-refractivity contribution is -0.123. The Hall–Kier alpha value is -2.56. The van der Waals surface area contributed by atoms with Gasteiger partial charge in [-0.05, 0) is 61.6 Å². The molecule has 160 valence electrons. The van der Waals surface area contributed by atoms with Crippen LogP contribution in [0.3, 0.4) is 0 Å². The summed E-state index contributed by atoms with van der Waals surface area (Å²) in [4.78, 5) is 25.9. The molecule has 1 fully saturated rings. The van der Waals surface area contributed by atoms with Gasteiger partial charge < -0.3 is 14.3 Å². The number of rotatable bonds is 4. The molecule has 0 saturated heterocycles. The third kappa shape index (κ3) is 3.24. The van der Waals surface area contributed by atoms with E-state index in [0.717, 1.165) is 24.0 Å². The molecule has 0 unspecified atom stereocenters. The standard InChI is InChI=1S/C25H30O5/c1-12(2)11-17(26)23-15(5)16-10-9-14(4)19(16)24(30-23)21-22(27)20-13(3)7-6-8-18(20)29-25(21)28/h6-8,12,14,16,19,24,27H,9-11H2,1-5H3/t14-,16+,19+,24-/m0/s1. The first-order chi connectivity index (χ1) is 14.2. The highest BCUT2D eigenvalue weighted by atomic mass is 16.5. The summed E-state index contributed by atoms with van der Waals surface area (Å²) >= 11 is 0. The average molecular weight is 411 g/mol. The Balaban J connectivity index is 1.89. The van der Waals surface area contributed by atoms with Gasteiger partial charge >= 0.3 is 5.63 Å². The summed E-state index contributed by atoms with van der Waals surface area (Å²) in [7, 11) is 0. The first-order valence-electron chi connectivity index (χ1n) is 10.9. The van der Waals surface area contributed by atoms with Gasteiger partial charge in [-0.1, -0.05) is 32.9 Å². The van der Waals surface area contributed by atoms with Crippen molar-refractivity contribution in [2.75, 3.05) is 0 Å². The zero-order valence-electron chi connectivity index (χ0n) is 18.3. The van der Waals surface area contributed by atoms with Crippen molar-refractivity contribution in [3.05, 3.63) is 51.1 Å². The molecule has 5 nitrogen and oxygen atoms in total. The molecular formula is C25H30O5. The molecule has 5 heteroatoms. The molecule has 30 heavy (non-hydrogen) atoms. The van der Waals surface area contributed by atoms with E-state index in [1.165, 1.54) is 0 Å². The van der Waals surface area contributed by atoms with Gasteiger partial charge in [-0.2, -0.15) is 0 Å². The first-order valence-corrected chi connectivity index (χ1v) is 10.9. The van der Waals surface area contributed by atoms with E-state index < -0.39 is 11.7 Å². The van der Waals surface area contributed by atoms with Crippen molar-refractivity contribution in [3.8, 4) is 5.75 Å². The van der Waals surface area contributed by atoms with Crippen LogP contribution in [-0.4, -0.2) is 10.9 Å². The Morgan fingerprint density at radius 1 is 1.23 bits per heavy atom. The van der Waals surface area contributed by atoms with Crippen LogP contribution < -0.4 is 5.63 Å². The minimum atomic E-state index is -0.692. The smallest absolute Gasteiger partial charge is 0.347 e. The number of aryl methyl sites for hydroxylation is 1. The normalized spacial score (nSPS) is 26.2. The van der Waals surface area contributed by atoms with Crippen molar-refractivity contribution < 1.29 is 19.1 Å². The summed E-state index contributed by atoms with van der Waals surface area (Å²) in [5, 5.41) is 11.7. The SMILES string of the molecule is CC1=C(C(=O)CC(C)C)O[C@H](c2c(O)c3c(C)cccc3oc2=O)[C@H]2[C@@H]1CC[C@@H]2C. The summed E-state index contributed by atoms with van der Waals surface area (Å²) in [5.41, 5.74) is 1.71. The highest BCUT2D eigenvalue weighted by Crippen LogP contribution is 2.54. The summed E-state index contributed by atoms with van der Waals surface area (Å²) in [5.74, 6) is 0.952. The van der Waals surface area contributed by atoms with Gasteiger partial charge in [-0.3, -0.25) is 4.79 Å². The Kier molecular flexibility index (Phi) is 5.25. The molecule has 4 atom stereocenters. The minimum Gasteiger partial charge on any atom is -0.506 e.